The maximum absolute atomic E-state index is 12.2. The van der Waals surface area contributed by atoms with Crippen molar-refractivity contribution in [3.8, 4) is 0 Å². The maximum Gasteiger partial charge on any atom is 0.237 e. The largest absolute Gasteiger partial charge is 0.409 e. The number of nitrogens with two attached hydrogens (primary N) is 2. The van der Waals surface area contributed by atoms with Crippen LogP contribution in [-0.2, 0) is 9.59 Å². The van der Waals surface area contributed by atoms with Gasteiger partial charge in [0.1, 0.15) is 5.41 Å². The number of hydrogen-bond acceptors (Lipinski definition) is 4. The van der Waals surface area contributed by atoms with Crippen LogP contribution in [-0.4, -0.2) is 41.3 Å². The number of amides is 2. The standard InChI is InChI=1S/C10H20N4O3/c1-4-10(5-2,8(12)13-17)9(16)14(3)6-7(11)15/h17H,4-6H2,1-3H3,(H2,11,15)(H2,12,13). The van der Waals surface area contributed by atoms with Crippen molar-refractivity contribution >= 4 is 17.6 Å². The lowest BCUT2D eigenvalue weighted by atomic mass is 9.79. The van der Waals surface area contributed by atoms with E-state index in [0.29, 0.717) is 12.8 Å². The molecule has 0 unspecified atom stereocenters. The van der Waals surface area contributed by atoms with Crippen LogP contribution in [0.1, 0.15) is 26.7 Å². The van der Waals surface area contributed by atoms with Crippen molar-refractivity contribution in [3.05, 3.63) is 0 Å². The molecule has 2 amide bonds. The van der Waals surface area contributed by atoms with Gasteiger partial charge in [-0.15, -0.1) is 0 Å². The van der Waals surface area contributed by atoms with Crippen molar-refractivity contribution in [2.75, 3.05) is 13.6 Å². The summed E-state index contributed by atoms with van der Waals surface area (Å²) in [5, 5.41) is 11.7. The fraction of sp³-hybridized carbons (Fsp3) is 0.700. The molecular weight excluding hydrogens is 224 g/mol. The van der Waals surface area contributed by atoms with Crippen molar-refractivity contribution in [3.63, 3.8) is 0 Å². The van der Waals surface area contributed by atoms with E-state index in [0.717, 1.165) is 0 Å². The molecule has 7 heteroatoms. The molecule has 98 valence electrons. The van der Waals surface area contributed by atoms with E-state index in [2.05, 4.69) is 5.16 Å². The molecule has 0 bridgehead atoms. The highest BCUT2D eigenvalue weighted by Crippen LogP contribution is 2.29. The van der Waals surface area contributed by atoms with Gasteiger partial charge in [-0.05, 0) is 12.8 Å². The van der Waals surface area contributed by atoms with Crippen LogP contribution >= 0.6 is 0 Å². The van der Waals surface area contributed by atoms with Crippen LogP contribution in [0.3, 0.4) is 0 Å². The molecule has 0 radical (unpaired) electrons. The summed E-state index contributed by atoms with van der Waals surface area (Å²) >= 11 is 0. The zero-order valence-corrected chi connectivity index (χ0v) is 10.4. The third-order valence-electron chi connectivity index (χ3n) is 2.95. The second-order valence-electron chi connectivity index (χ2n) is 3.90. The zero-order valence-electron chi connectivity index (χ0n) is 10.4. The first-order valence-electron chi connectivity index (χ1n) is 5.37. The first kappa shape index (κ1) is 15.2. The van der Waals surface area contributed by atoms with E-state index >= 15 is 0 Å². The molecule has 0 rings (SSSR count). The van der Waals surface area contributed by atoms with Crippen molar-refractivity contribution in [2.45, 2.75) is 26.7 Å². The Morgan fingerprint density at radius 3 is 2.06 bits per heavy atom. The summed E-state index contributed by atoms with van der Waals surface area (Å²) in [6.45, 7) is 3.33. The highest BCUT2D eigenvalue weighted by molar-refractivity contribution is 6.07. The van der Waals surface area contributed by atoms with E-state index in [1.165, 1.54) is 11.9 Å². The van der Waals surface area contributed by atoms with Gasteiger partial charge in [0.2, 0.25) is 11.8 Å². The molecule has 7 nitrogen and oxygen atoms in total. The first-order chi connectivity index (χ1) is 7.85. The summed E-state index contributed by atoms with van der Waals surface area (Å²) in [5.74, 6) is -1.14. The molecule has 0 aliphatic carbocycles. The molecule has 0 heterocycles. The molecule has 0 fully saturated rings. The predicted octanol–water partition coefficient (Wildman–Crippen LogP) is -0.517. The number of nitrogens with zero attached hydrogens (tertiary/aromatic N) is 2. The van der Waals surface area contributed by atoms with Gasteiger partial charge < -0.3 is 21.6 Å². The van der Waals surface area contributed by atoms with Crippen LogP contribution in [0, 0.1) is 5.41 Å². The van der Waals surface area contributed by atoms with Crippen molar-refractivity contribution in [1.82, 2.24) is 4.90 Å². The first-order valence-corrected chi connectivity index (χ1v) is 5.37. The summed E-state index contributed by atoms with van der Waals surface area (Å²) in [5.41, 5.74) is 9.52. The van der Waals surface area contributed by atoms with Crippen LogP contribution < -0.4 is 11.5 Å². The molecule has 0 aliphatic rings. The Balaban J connectivity index is 5.20. The number of rotatable bonds is 6. The topological polar surface area (TPSA) is 122 Å². The Morgan fingerprint density at radius 1 is 1.29 bits per heavy atom. The minimum atomic E-state index is -1.08. The quantitative estimate of drug-likeness (QED) is 0.252. The predicted molar refractivity (Wildman–Crippen MR) is 63.3 cm³/mol. The molecule has 5 N–H and O–H groups in total. The van der Waals surface area contributed by atoms with Crippen LogP contribution in [0.25, 0.3) is 0 Å². The molecular formula is C10H20N4O3. The van der Waals surface area contributed by atoms with Gasteiger partial charge in [-0.1, -0.05) is 19.0 Å². The Hall–Kier alpha value is -1.79. The van der Waals surface area contributed by atoms with E-state index in [1.807, 2.05) is 0 Å². The summed E-state index contributed by atoms with van der Waals surface area (Å²) in [7, 11) is 1.46. The molecule has 0 aromatic heterocycles. The average Bonchev–Trinajstić information content (AvgIpc) is 2.29. The SMILES string of the molecule is CCC(CC)(C(=O)N(C)CC(N)=O)C(N)=NO. The Kier molecular flexibility index (Phi) is 5.43. The summed E-state index contributed by atoms with van der Waals surface area (Å²) in [6, 6.07) is 0. The van der Waals surface area contributed by atoms with E-state index < -0.39 is 11.3 Å². The lowest BCUT2D eigenvalue weighted by Crippen LogP contribution is -2.51. The second-order valence-corrected chi connectivity index (χ2v) is 3.90. The van der Waals surface area contributed by atoms with Crippen molar-refractivity contribution in [1.29, 1.82) is 0 Å². The summed E-state index contributed by atoms with van der Waals surface area (Å²) < 4.78 is 0. The third-order valence-corrected chi connectivity index (χ3v) is 2.95. The number of primary amides is 1. The van der Waals surface area contributed by atoms with Crippen LogP contribution in [0.2, 0.25) is 0 Å². The van der Waals surface area contributed by atoms with Gasteiger partial charge in [-0.25, -0.2) is 0 Å². The molecule has 0 spiro atoms. The zero-order chi connectivity index (χ0) is 13.6. The fourth-order valence-electron chi connectivity index (χ4n) is 1.79. The van der Waals surface area contributed by atoms with E-state index in [1.54, 1.807) is 13.8 Å². The van der Waals surface area contributed by atoms with Gasteiger partial charge in [0.25, 0.3) is 0 Å². The maximum atomic E-state index is 12.2. The molecule has 0 saturated heterocycles. The smallest absolute Gasteiger partial charge is 0.237 e. The van der Waals surface area contributed by atoms with E-state index in [-0.39, 0.29) is 18.3 Å². The van der Waals surface area contributed by atoms with Crippen molar-refractivity contribution in [2.24, 2.45) is 22.0 Å². The number of oxime groups is 1. The molecule has 0 aromatic rings. The van der Waals surface area contributed by atoms with Crippen LogP contribution in [0.4, 0.5) is 0 Å². The van der Waals surface area contributed by atoms with Gasteiger partial charge in [0.15, 0.2) is 5.84 Å². The fourth-order valence-corrected chi connectivity index (χ4v) is 1.79. The lowest BCUT2D eigenvalue weighted by Gasteiger charge is -2.32. The molecule has 0 atom stereocenters. The Bertz CT molecular complexity index is 324. The summed E-state index contributed by atoms with van der Waals surface area (Å²) in [6.07, 6.45) is 0.753. The number of likely N-dealkylation sites (N-methyl/N-ethyl adjacent to an activating group) is 1. The van der Waals surface area contributed by atoms with Gasteiger partial charge in [0.05, 0.1) is 6.54 Å². The minimum Gasteiger partial charge on any atom is -0.409 e. The molecule has 0 aromatic carbocycles. The Labute approximate surface area is 100 Å². The monoisotopic (exact) mass is 244 g/mol. The Morgan fingerprint density at radius 2 is 1.76 bits per heavy atom. The highest BCUT2D eigenvalue weighted by atomic mass is 16.4. The van der Waals surface area contributed by atoms with Gasteiger partial charge in [-0.3, -0.25) is 9.59 Å². The van der Waals surface area contributed by atoms with Crippen molar-refractivity contribution < 1.29 is 14.8 Å². The van der Waals surface area contributed by atoms with Gasteiger partial charge in [0, 0.05) is 7.05 Å². The number of carbonyl (C=O) groups excluding carboxylic acids is 2. The molecule has 17 heavy (non-hydrogen) atoms. The minimum absolute atomic E-state index is 0.149. The van der Waals surface area contributed by atoms with Crippen LogP contribution in [0.15, 0.2) is 5.16 Å². The average molecular weight is 244 g/mol. The van der Waals surface area contributed by atoms with E-state index in [4.69, 9.17) is 16.7 Å². The van der Waals surface area contributed by atoms with Gasteiger partial charge in [-0.2, -0.15) is 0 Å². The second kappa shape index (κ2) is 6.07. The lowest BCUT2D eigenvalue weighted by molar-refractivity contribution is -0.140. The highest BCUT2D eigenvalue weighted by Gasteiger charge is 2.41. The number of hydrogen-bond donors (Lipinski definition) is 3. The summed E-state index contributed by atoms with van der Waals surface area (Å²) in [4.78, 5) is 24.2. The van der Waals surface area contributed by atoms with E-state index in [9.17, 15) is 9.59 Å². The number of carbonyl (C=O) groups is 2. The molecule has 0 saturated carbocycles. The third kappa shape index (κ3) is 3.08. The molecule has 0 aliphatic heterocycles. The van der Waals surface area contributed by atoms with Gasteiger partial charge >= 0.3 is 0 Å². The normalized spacial score (nSPS) is 12.3. The van der Waals surface area contributed by atoms with Crippen LogP contribution in [0.5, 0.6) is 0 Å². The number of amidine groups is 1.